The summed E-state index contributed by atoms with van der Waals surface area (Å²) in [5.41, 5.74) is 1.23. The molecule has 7 nitrogen and oxygen atoms in total. The van der Waals surface area contributed by atoms with E-state index in [1.54, 1.807) is 0 Å². The van der Waals surface area contributed by atoms with Gasteiger partial charge in [-0.05, 0) is 44.5 Å². The second kappa shape index (κ2) is 12.9. The third-order valence-corrected chi connectivity index (χ3v) is 4.24. The number of ether oxygens (including phenoxy) is 1. The van der Waals surface area contributed by atoms with Gasteiger partial charge in [-0.2, -0.15) is 0 Å². The van der Waals surface area contributed by atoms with Gasteiger partial charge in [0.25, 0.3) is 0 Å². The van der Waals surface area contributed by atoms with Crippen LogP contribution in [0, 0.1) is 0 Å². The van der Waals surface area contributed by atoms with Crippen LogP contribution < -0.4 is 4.74 Å². The van der Waals surface area contributed by atoms with Gasteiger partial charge in [0.1, 0.15) is 5.75 Å². The summed E-state index contributed by atoms with van der Waals surface area (Å²) in [4.78, 5) is 23.2. The highest BCUT2D eigenvalue weighted by molar-refractivity contribution is 6.27. The molecule has 0 radical (unpaired) electrons. The zero-order valence-corrected chi connectivity index (χ0v) is 16.0. The summed E-state index contributed by atoms with van der Waals surface area (Å²) in [5, 5.41) is 14.8. The average molecular weight is 378 g/mol. The van der Waals surface area contributed by atoms with Crippen molar-refractivity contribution in [2.75, 3.05) is 46.4 Å². The largest absolute Gasteiger partial charge is 0.493 e. The second-order valence-electron chi connectivity index (χ2n) is 6.41. The summed E-state index contributed by atoms with van der Waals surface area (Å²) in [5.74, 6) is -2.64. The lowest BCUT2D eigenvalue weighted by molar-refractivity contribution is -0.159. The smallest absolute Gasteiger partial charge is 0.414 e. The number of hydrogen-bond acceptors (Lipinski definition) is 5. The number of benzene rings is 1. The quantitative estimate of drug-likeness (QED) is 0.406. The van der Waals surface area contributed by atoms with E-state index in [2.05, 4.69) is 41.6 Å². The van der Waals surface area contributed by atoms with Gasteiger partial charge in [-0.25, -0.2) is 9.59 Å². The zero-order chi connectivity index (χ0) is 20.1. The first-order chi connectivity index (χ1) is 12.9. The van der Waals surface area contributed by atoms with Crippen LogP contribution in [0.4, 0.5) is 0 Å². The van der Waals surface area contributed by atoms with Crippen molar-refractivity contribution in [3.05, 3.63) is 42.5 Å². The van der Waals surface area contributed by atoms with Crippen LogP contribution >= 0.6 is 0 Å². The lowest BCUT2D eigenvalue weighted by atomic mass is 10.1. The van der Waals surface area contributed by atoms with Crippen molar-refractivity contribution in [2.45, 2.75) is 19.3 Å². The molecular formula is C20H30N2O5. The molecule has 0 aromatic heterocycles. The van der Waals surface area contributed by atoms with Gasteiger partial charge in [-0.15, -0.1) is 6.58 Å². The Morgan fingerprint density at radius 2 is 1.74 bits per heavy atom. The highest BCUT2D eigenvalue weighted by atomic mass is 16.5. The number of allylic oxidation sites excluding steroid dienone is 1. The van der Waals surface area contributed by atoms with Crippen LogP contribution in [0.15, 0.2) is 36.9 Å². The molecule has 1 saturated heterocycles. The lowest BCUT2D eigenvalue weighted by Crippen LogP contribution is -2.44. The lowest BCUT2D eigenvalue weighted by Gasteiger charge is -2.32. The summed E-state index contributed by atoms with van der Waals surface area (Å²) in [7, 11) is 2.20. The Morgan fingerprint density at radius 3 is 2.33 bits per heavy atom. The maximum atomic E-state index is 9.10. The van der Waals surface area contributed by atoms with E-state index in [9.17, 15) is 0 Å². The topological polar surface area (TPSA) is 90.3 Å². The minimum atomic E-state index is -1.82. The van der Waals surface area contributed by atoms with Crippen molar-refractivity contribution < 1.29 is 24.5 Å². The summed E-state index contributed by atoms with van der Waals surface area (Å²) >= 11 is 0. The average Bonchev–Trinajstić information content (AvgIpc) is 2.65. The van der Waals surface area contributed by atoms with Gasteiger partial charge in [-0.1, -0.05) is 24.3 Å². The third kappa shape index (κ3) is 9.77. The number of carboxylic acid groups (broad SMARTS) is 2. The Labute approximate surface area is 160 Å². The van der Waals surface area contributed by atoms with Crippen molar-refractivity contribution in [1.29, 1.82) is 0 Å². The van der Waals surface area contributed by atoms with E-state index in [0.29, 0.717) is 0 Å². The van der Waals surface area contributed by atoms with Crippen LogP contribution in [-0.2, 0) is 16.0 Å². The number of unbranched alkanes of at least 4 members (excludes halogenated alkanes) is 1. The molecule has 0 spiro atoms. The number of likely N-dealkylation sites (N-methyl/N-ethyl adjacent to an activating group) is 1. The van der Waals surface area contributed by atoms with Gasteiger partial charge in [0.05, 0.1) is 6.61 Å². The monoisotopic (exact) mass is 378 g/mol. The van der Waals surface area contributed by atoms with Gasteiger partial charge in [0.15, 0.2) is 0 Å². The summed E-state index contributed by atoms with van der Waals surface area (Å²) < 4.78 is 5.92. The highest BCUT2D eigenvalue weighted by Crippen LogP contribution is 2.19. The summed E-state index contributed by atoms with van der Waals surface area (Å²) in [6.45, 7) is 10.6. The Morgan fingerprint density at radius 1 is 1.11 bits per heavy atom. The number of piperazine rings is 1. The molecule has 1 heterocycles. The maximum Gasteiger partial charge on any atom is 0.414 e. The van der Waals surface area contributed by atoms with Gasteiger partial charge >= 0.3 is 11.9 Å². The van der Waals surface area contributed by atoms with Crippen molar-refractivity contribution in [1.82, 2.24) is 9.80 Å². The second-order valence-corrected chi connectivity index (χ2v) is 6.41. The fourth-order valence-electron chi connectivity index (χ4n) is 2.66. The molecule has 1 aromatic rings. The van der Waals surface area contributed by atoms with Gasteiger partial charge in [0.2, 0.25) is 0 Å². The molecule has 0 unspecified atom stereocenters. The number of nitrogens with zero attached hydrogens (tertiary/aromatic N) is 2. The molecule has 1 aromatic carbocycles. The van der Waals surface area contributed by atoms with E-state index in [4.69, 9.17) is 24.5 Å². The van der Waals surface area contributed by atoms with Crippen LogP contribution in [0.25, 0.3) is 0 Å². The standard InChI is InChI=1S/C18H28N2O.C2H2O4/c1-3-8-17-9-4-5-10-18(17)21-16-7-6-11-20-14-12-19(2)13-15-20;3-1(4)2(5)6/h3-5,9-10H,1,6-8,11-16H2,2H3;(H,3,4)(H,5,6). The molecule has 2 rings (SSSR count). The predicted octanol–water partition coefficient (Wildman–Crippen LogP) is 1.98. The Kier molecular flexibility index (Phi) is 10.8. The van der Waals surface area contributed by atoms with E-state index < -0.39 is 11.9 Å². The number of para-hydroxylation sites is 1. The number of carboxylic acids is 2. The molecule has 0 bridgehead atoms. The fraction of sp³-hybridized carbons (Fsp3) is 0.500. The predicted molar refractivity (Wildman–Crippen MR) is 104 cm³/mol. The third-order valence-electron chi connectivity index (χ3n) is 4.24. The molecule has 0 atom stereocenters. The molecule has 1 fully saturated rings. The molecule has 1 aliphatic heterocycles. The molecule has 1 aliphatic rings. The molecule has 0 amide bonds. The van der Waals surface area contributed by atoms with E-state index in [1.165, 1.54) is 44.7 Å². The van der Waals surface area contributed by atoms with E-state index in [1.807, 2.05) is 12.1 Å². The van der Waals surface area contributed by atoms with Gasteiger partial charge in [0, 0.05) is 26.2 Å². The normalized spacial score (nSPS) is 14.7. The molecule has 150 valence electrons. The molecule has 27 heavy (non-hydrogen) atoms. The summed E-state index contributed by atoms with van der Waals surface area (Å²) in [6.07, 6.45) is 5.13. The SMILES string of the molecule is C=CCc1ccccc1OCCCCN1CCN(C)CC1.O=C(O)C(=O)O. The number of hydrogen-bond donors (Lipinski definition) is 2. The first kappa shape index (κ1) is 22.7. The number of carbonyl (C=O) groups is 2. The molecule has 0 aliphatic carbocycles. The molecule has 7 heteroatoms. The van der Waals surface area contributed by atoms with Crippen molar-refractivity contribution in [2.24, 2.45) is 0 Å². The molecule has 2 N–H and O–H groups in total. The zero-order valence-electron chi connectivity index (χ0n) is 16.0. The van der Waals surface area contributed by atoms with E-state index >= 15 is 0 Å². The Bertz CT molecular complexity index is 586. The Hall–Kier alpha value is -2.38. The van der Waals surface area contributed by atoms with Crippen LogP contribution in [0.2, 0.25) is 0 Å². The van der Waals surface area contributed by atoms with Crippen molar-refractivity contribution in [3.63, 3.8) is 0 Å². The number of rotatable bonds is 8. The first-order valence-electron chi connectivity index (χ1n) is 9.12. The van der Waals surface area contributed by atoms with Crippen LogP contribution in [0.3, 0.4) is 0 Å². The summed E-state index contributed by atoms with van der Waals surface area (Å²) in [6, 6.07) is 8.26. The maximum absolute atomic E-state index is 9.10. The van der Waals surface area contributed by atoms with Gasteiger partial charge in [-0.3, -0.25) is 0 Å². The highest BCUT2D eigenvalue weighted by Gasteiger charge is 2.12. The van der Waals surface area contributed by atoms with Crippen molar-refractivity contribution in [3.8, 4) is 5.75 Å². The minimum Gasteiger partial charge on any atom is -0.493 e. The Balaban J connectivity index is 0.000000527. The van der Waals surface area contributed by atoms with Crippen LogP contribution in [0.5, 0.6) is 5.75 Å². The van der Waals surface area contributed by atoms with Crippen LogP contribution in [-0.4, -0.2) is 78.3 Å². The van der Waals surface area contributed by atoms with Crippen molar-refractivity contribution >= 4 is 11.9 Å². The first-order valence-corrected chi connectivity index (χ1v) is 9.12. The molecule has 0 saturated carbocycles. The van der Waals surface area contributed by atoms with Crippen LogP contribution in [0.1, 0.15) is 18.4 Å². The molecular weight excluding hydrogens is 348 g/mol. The fourth-order valence-corrected chi connectivity index (χ4v) is 2.66. The van der Waals surface area contributed by atoms with E-state index in [0.717, 1.165) is 25.2 Å². The van der Waals surface area contributed by atoms with Gasteiger partial charge < -0.3 is 24.7 Å². The number of aliphatic carboxylic acids is 2. The minimum absolute atomic E-state index is 0.807. The van der Waals surface area contributed by atoms with E-state index in [-0.39, 0.29) is 0 Å².